The van der Waals surface area contributed by atoms with Gasteiger partial charge in [0.2, 0.25) is 0 Å². The molecule has 0 aromatic rings. The molecule has 2 N–H and O–H groups in total. The number of hydrogen-bond acceptors (Lipinski definition) is 4. The van der Waals surface area contributed by atoms with Gasteiger partial charge in [0.15, 0.2) is 0 Å². The molecular formula is C11H23NO3. The van der Waals surface area contributed by atoms with Gasteiger partial charge in [-0.25, -0.2) is 0 Å². The van der Waals surface area contributed by atoms with Crippen LogP contribution in [0, 0.1) is 5.92 Å². The highest BCUT2D eigenvalue weighted by Gasteiger charge is 2.24. The zero-order valence-electron chi connectivity index (χ0n) is 9.74. The largest absolute Gasteiger partial charge is 0.389 e. The molecular weight excluding hydrogens is 194 g/mol. The zero-order chi connectivity index (χ0) is 11.1. The Morgan fingerprint density at radius 3 is 2.93 bits per heavy atom. The van der Waals surface area contributed by atoms with Gasteiger partial charge in [-0.2, -0.15) is 0 Å². The van der Waals surface area contributed by atoms with E-state index >= 15 is 0 Å². The van der Waals surface area contributed by atoms with E-state index in [0.29, 0.717) is 25.1 Å². The lowest BCUT2D eigenvalue weighted by Gasteiger charge is -2.23. The smallest absolute Gasteiger partial charge is 0.0897 e. The van der Waals surface area contributed by atoms with Gasteiger partial charge in [-0.05, 0) is 18.8 Å². The molecule has 0 spiro atoms. The summed E-state index contributed by atoms with van der Waals surface area (Å²) in [5, 5.41) is 12.9. The van der Waals surface area contributed by atoms with Gasteiger partial charge in [0, 0.05) is 26.3 Å². The fraction of sp³-hybridized carbons (Fsp3) is 1.00. The van der Waals surface area contributed by atoms with Gasteiger partial charge in [0.25, 0.3) is 0 Å². The predicted molar refractivity (Wildman–Crippen MR) is 58.9 cm³/mol. The summed E-state index contributed by atoms with van der Waals surface area (Å²) in [6.45, 7) is 4.89. The third kappa shape index (κ3) is 4.47. The monoisotopic (exact) mass is 217 g/mol. The van der Waals surface area contributed by atoms with Crippen LogP contribution in [0.5, 0.6) is 0 Å². The van der Waals surface area contributed by atoms with Crippen LogP contribution in [-0.4, -0.2) is 50.7 Å². The van der Waals surface area contributed by atoms with E-state index in [1.165, 1.54) is 0 Å². The van der Waals surface area contributed by atoms with Crippen molar-refractivity contribution in [1.82, 2.24) is 5.32 Å². The molecule has 0 radical (unpaired) electrons. The second kappa shape index (κ2) is 7.17. The number of methoxy groups -OCH3 is 1. The quantitative estimate of drug-likeness (QED) is 0.648. The van der Waals surface area contributed by atoms with Crippen molar-refractivity contribution in [3.8, 4) is 0 Å². The molecule has 0 aliphatic carbocycles. The summed E-state index contributed by atoms with van der Waals surface area (Å²) >= 11 is 0. The predicted octanol–water partition coefficient (Wildman–Crippen LogP) is 0.398. The highest BCUT2D eigenvalue weighted by Crippen LogP contribution is 2.18. The first-order valence-corrected chi connectivity index (χ1v) is 5.76. The first-order valence-electron chi connectivity index (χ1n) is 5.76. The van der Waals surface area contributed by atoms with E-state index < -0.39 is 6.10 Å². The molecule has 1 fully saturated rings. The second-order valence-electron chi connectivity index (χ2n) is 4.16. The highest BCUT2D eigenvalue weighted by molar-refractivity contribution is 4.79. The maximum absolute atomic E-state index is 9.52. The molecule has 0 saturated carbocycles. The molecule has 0 aromatic heterocycles. The Kier molecular flexibility index (Phi) is 6.17. The Labute approximate surface area is 92.0 Å². The SMILES string of the molecule is CCC(NCC(O)COC)C1CCOC1. The lowest BCUT2D eigenvalue weighted by Crippen LogP contribution is -2.41. The van der Waals surface area contributed by atoms with Gasteiger partial charge >= 0.3 is 0 Å². The van der Waals surface area contributed by atoms with Gasteiger partial charge in [-0.15, -0.1) is 0 Å². The van der Waals surface area contributed by atoms with Crippen LogP contribution in [0.15, 0.2) is 0 Å². The summed E-state index contributed by atoms with van der Waals surface area (Å²) in [6.07, 6.45) is 1.80. The molecule has 1 aliphatic rings. The summed E-state index contributed by atoms with van der Waals surface area (Å²) in [4.78, 5) is 0. The van der Waals surface area contributed by atoms with Crippen molar-refractivity contribution in [2.24, 2.45) is 5.92 Å². The van der Waals surface area contributed by atoms with Crippen molar-refractivity contribution in [3.63, 3.8) is 0 Å². The topological polar surface area (TPSA) is 50.7 Å². The van der Waals surface area contributed by atoms with Crippen molar-refractivity contribution in [1.29, 1.82) is 0 Å². The summed E-state index contributed by atoms with van der Waals surface area (Å²) in [6, 6.07) is 0.457. The number of ether oxygens (including phenoxy) is 2. The number of hydrogen-bond donors (Lipinski definition) is 2. The third-order valence-corrected chi connectivity index (χ3v) is 2.95. The van der Waals surface area contributed by atoms with Gasteiger partial charge in [0.05, 0.1) is 19.3 Å². The minimum Gasteiger partial charge on any atom is -0.389 e. The van der Waals surface area contributed by atoms with Crippen LogP contribution in [0.25, 0.3) is 0 Å². The van der Waals surface area contributed by atoms with Crippen molar-refractivity contribution in [2.45, 2.75) is 31.9 Å². The number of nitrogens with one attached hydrogen (secondary N) is 1. The molecule has 90 valence electrons. The van der Waals surface area contributed by atoms with Crippen LogP contribution in [0.3, 0.4) is 0 Å². The molecule has 3 unspecified atom stereocenters. The Hall–Kier alpha value is -0.160. The summed E-state index contributed by atoms with van der Waals surface area (Å²) in [5.41, 5.74) is 0. The van der Waals surface area contributed by atoms with Crippen LogP contribution < -0.4 is 5.32 Å². The summed E-state index contributed by atoms with van der Waals surface area (Å²) in [5.74, 6) is 0.602. The Balaban J connectivity index is 2.20. The fourth-order valence-corrected chi connectivity index (χ4v) is 2.05. The molecule has 1 aliphatic heterocycles. The molecule has 4 heteroatoms. The van der Waals surface area contributed by atoms with Gasteiger partial charge in [0.1, 0.15) is 0 Å². The van der Waals surface area contributed by atoms with E-state index in [0.717, 1.165) is 26.1 Å². The highest BCUT2D eigenvalue weighted by atomic mass is 16.5. The standard InChI is InChI=1S/C11H23NO3/c1-3-11(9-4-5-15-7-9)12-6-10(13)8-14-2/h9-13H,3-8H2,1-2H3. The number of rotatable bonds is 7. The van der Waals surface area contributed by atoms with E-state index in [1.54, 1.807) is 7.11 Å². The average Bonchev–Trinajstić information content (AvgIpc) is 2.72. The van der Waals surface area contributed by atoms with E-state index in [9.17, 15) is 5.11 Å². The molecule has 4 nitrogen and oxygen atoms in total. The maximum atomic E-state index is 9.52. The van der Waals surface area contributed by atoms with Crippen LogP contribution in [0.1, 0.15) is 19.8 Å². The zero-order valence-corrected chi connectivity index (χ0v) is 9.74. The Morgan fingerprint density at radius 1 is 1.60 bits per heavy atom. The van der Waals surface area contributed by atoms with Crippen molar-refractivity contribution in [3.05, 3.63) is 0 Å². The summed E-state index contributed by atoms with van der Waals surface area (Å²) in [7, 11) is 1.60. The fourth-order valence-electron chi connectivity index (χ4n) is 2.05. The average molecular weight is 217 g/mol. The van der Waals surface area contributed by atoms with Crippen molar-refractivity contribution < 1.29 is 14.6 Å². The van der Waals surface area contributed by atoms with Crippen molar-refractivity contribution >= 4 is 0 Å². The first-order chi connectivity index (χ1) is 7.27. The van der Waals surface area contributed by atoms with E-state index in [1.807, 2.05) is 0 Å². The summed E-state index contributed by atoms with van der Waals surface area (Å²) < 4.78 is 10.2. The van der Waals surface area contributed by atoms with Crippen LogP contribution in [0.4, 0.5) is 0 Å². The lowest BCUT2D eigenvalue weighted by atomic mass is 9.97. The molecule has 0 aromatic carbocycles. The normalized spacial score (nSPS) is 25.4. The minimum atomic E-state index is -0.411. The molecule has 0 amide bonds. The first kappa shape index (κ1) is 12.9. The molecule has 15 heavy (non-hydrogen) atoms. The lowest BCUT2D eigenvalue weighted by molar-refractivity contribution is 0.0605. The van der Waals surface area contributed by atoms with Crippen molar-refractivity contribution in [2.75, 3.05) is 33.5 Å². The van der Waals surface area contributed by atoms with Gasteiger partial charge < -0.3 is 19.9 Å². The molecule has 1 rings (SSSR count). The Bertz CT molecular complexity index is 160. The van der Waals surface area contributed by atoms with E-state index in [2.05, 4.69) is 12.2 Å². The third-order valence-electron chi connectivity index (χ3n) is 2.95. The Morgan fingerprint density at radius 2 is 2.40 bits per heavy atom. The van der Waals surface area contributed by atoms with E-state index in [-0.39, 0.29) is 0 Å². The van der Waals surface area contributed by atoms with Crippen LogP contribution in [-0.2, 0) is 9.47 Å². The van der Waals surface area contributed by atoms with Gasteiger partial charge in [-0.3, -0.25) is 0 Å². The molecule has 1 heterocycles. The molecule has 1 saturated heterocycles. The van der Waals surface area contributed by atoms with E-state index in [4.69, 9.17) is 9.47 Å². The van der Waals surface area contributed by atoms with Crippen LogP contribution >= 0.6 is 0 Å². The molecule has 3 atom stereocenters. The maximum Gasteiger partial charge on any atom is 0.0897 e. The minimum absolute atomic E-state index is 0.393. The second-order valence-corrected chi connectivity index (χ2v) is 4.16. The van der Waals surface area contributed by atoms with Gasteiger partial charge in [-0.1, -0.05) is 6.92 Å². The number of aliphatic hydroxyl groups is 1. The molecule has 0 bridgehead atoms. The number of aliphatic hydroxyl groups excluding tert-OH is 1. The van der Waals surface area contributed by atoms with Crippen LogP contribution in [0.2, 0.25) is 0 Å².